The molecule has 0 radical (unpaired) electrons. The molecule has 0 fully saturated rings. The quantitative estimate of drug-likeness (QED) is 0.821. The van der Waals surface area contributed by atoms with Crippen molar-refractivity contribution in [1.82, 2.24) is 4.90 Å². The number of primary amides is 1. The van der Waals surface area contributed by atoms with Crippen LogP contribution in [0.4, 0.5) is 0 Å². The summed E-state index contributed by atoms with van der Waals surface area (Å²) in [5.74, 6) is 0.797. The molecule has 0 aromatic heterocycles. The number of benzene rings is 1. The minimum Gasteiger partial charge on any atom is -0.493 e. The maximum absolute atomic E-state index is 10.9. The van der Waals surface area contributed by atoms with Crippen LogP contribution < -0.4 is 10.5 Å². The molecule has 0 heterocycles. The fourth-order valence-electron chi connectivity index (χ4n) is 1.71. The molecular formula is C15H24N2O2. The van der Waals surface area contributed by atoms with Crippen molar-refractivity contribution in [3.8, 4) is 5.75 Å². The summed E-state index contributed by atoms with van der Waals surface area (Å²) in [5, 5.41) is 0. The number of carbonyl (C=O) groups excluding carboxylic acids is 1. The standard InChI is InChI=1S/C15H24N2O2/c1-11(2)17(4)9-12(3)10-19-14-7-5-13(6-8-14)15(16)18/h5-8,11-12H,9-10H2,1-4H3,(H2,16,18). The number of nitrogens with zero attached hydrogens (tertiary/aromatic N) is 1. The summed E-state index contributed by atoms with van der Waals surface area (Å²) in [5.41, 5.74) is 5.68. The summed E-state index contributed by atoms with van der Waals surface area (Å²) in [6.07, 6.45) is 0. The molecular weight excluding hydrogens is 240 g/mol. The lowest BCUT2D eigenvalue weighted by Crippen LogP contribution is -2.32. The van der Waals surface area contributed by atoms with Gasteiger partial charge in [-0.05, 0) is 45.2 Å². The third-order valence-corrected chi connectivity index (χ3v) is 3.15. The number of carbonyl (C=O) groups is 1. The van der Waals surface area contributed by atoms with Gasteiger partial charge < -0.3 is 15.4 Å². The van der Waals surface area contributed by atoms with Crippen LogP contribution in [0.5, 0.6) is 5.75 Å². The molecule has 0 aliphatic heterocycles. The second-order valence-electron chi connectivity index (χ2n) is 5.34. The van der Waals surface area contributed by atoms with Crippen LogP contribution in [0.15, 0.2) is 24.3 Å². The van der Waals surface area contributed by atoms with Crippen LogP contribution in [0.1, 0.15) is 31.1 Å². The second kappa shape index (κ2) is 7.14. The van der Waals surface area contributed by atoms with Gasteiger partial charge in [-0.1, -0.05) is 6.92 Å². The average molecular weight is 264 g/mol. The zero-order chi connectivity index (χ0) is 14.4. The second-order valence-corrected chi connectivity index (χ2v) is 5.34. The van der Waals surface area contributed by atoms with Gasteiger partial charge in [0.2, 0.25) is 5.91 Å². The maximum Gasteiger partial charge on any atom is 0.248 e. The van der Waals surface area contributed by atoms with E-state index >= 15 is 0 Å². The smallest absolute Gasteiger partial charge is 0.248 e. The van der Waals surface area contributed by atoms with Crippen LogP contribution in [0.3, 0.4) is 0 Å². The fraction of sp³-hybridized carbons (Fsp3) is 0.533. The summed E-state index contributed by atoms with van der Waals surface area (Å²) in [7, 11) is 2.11. The SMILES string of the molecule is CC(COc1ccc(C(N)=O)cc1)CN(C)C(C)C. The molecule has 1 rings (SSSR count). The Morgan fingerprint density at radius 2 is 1.84 bits per heavy atom. The lowest BCUT2D eigenvalue weighted by molar-refractivity contribution is 0.1000. The first kappa shape index (κ1) is 15.5. The molecule has 0 aliphatic carbocycles. The van der Waals surface area contributed by atoms with Gasteiger partial charge in [0.1, 0.15) is 5.75 Å². The Balaban J connectivity index is 2.41. The zero-order valence-electron chi connectivity index (χ0n) is 12.2. The largest absolute Gasteiger partial charge is 0.493 e. The lowest BCUT2D eigenvalue weighted by Gasteiger charge is -2.24. The van der Waals surface area contributed by atoms with Gasteiger partial charge in [-0.15, -0.1) is 0 Å². The summed E-state index contributed by atoms with van der Waals surface area (Å²) in [4.78, 5) is 13.2. The van der Waals surface area contributed by atoms with Crippen molar-refractivity contribution in [1.29, 1.82) is 0 Å². The maximum atomic E-state index is 10.9. The van der Waals surface area contributed by atoms with Crippen molar-refractivity contribution in [2.24, 2.45) is 11.7 Å². The van der Waals surface area contributed by atoms with E-state index in [1.807, 2.05) is 0 Å². The third-order valence-electron chi connectivity index (χ3n) is 3.15. The molecule has 19 heavy (non-hydrogen) atoms. The normalized spacial score (nSPS) is 12.7. The Morgan fingerprint density at radius 3 is 2.32 bits per heavy atom. The number of hydrogen-bond donors (Lipinski definition) is 1. The predicted molar refractivity (Wildman–Crippen MR) is 77.4 cm³/mol. The van der Waals surface area contributed by atoms with Gasteiger partial charge in [0.05, 0.1) is 6.61 Å². The highest BCUT2D eigenvalue weighted by molar-refractivity contribution is 5.92. The number of amides is 1. The first-order chi connectivity index (χ1) is 8.90. The van der Waals surface area contributed by atoms with Crippen molar-refractivity contribution in [3.63, 3.8) is 0 Å². The number of hydrogen-bond acceptors (Lipinski definition) is 3. The van der Waals surface area contributed by atoms with E-state index < -0.39 is 5.91 Å². The van der Waals surface area contributed by atoms with Crippen molar-refractivity contribution in [2.45, 2.75) is 26.8 Å². The van der Waals surface area contributed by atoms with Crippen molar-refractivity contribution in [3.05, 3.63) is 29.8 Å². The van der Waals surface area contributed by atoms with Gasteiger partial charge >= 0.3 is 0 Å². The summed E-state index contributed by atoms with van der Waals surface area (Å²) in [6.45, 7) is 8.17. The van der Waals surface area contributed by atoms with E-state index in [1.54, 1.807) is 24.3 Å². The number of nitrogens with two attached hydrogens (primary N) is 1. The Labute approximate surface area is 115 Å². The first-order valence-corrected chi connectivity index (χ1v) is 6.63. The molecule has 4 nitrogen and oxygen atoms in total. The van der Waals surface area contributed by atoms with Crippen molar-refractivity contribution in [2.75, 3.05) is 20.2 Å². The average Bonchev–Trinajstić information content (AvgIpc) is 2.36. The molecule has 2 N–H and O–H groups in total. The Bertz CT molecular complexity index is 401. The van der Waals surface area contributed by atoms with E-state index in [1.165, 1.54) is 0 Å². The van der Waals surface area contributed by atoms with Crippen LogP contribution in [-0.2, 0) is 0 Å². The monoisotopic (exact) mass is 264 g/mol. The highest BCUT2D eigenvalue weighted by atomic mass is 16.5. The summed E-state index contributed by atoms with van der Waals surface area (Å²) < 4.78 is 5.70. The van der Waals surface area contributed by atoms with E-state index in [0.717, 1.165) is 12.3 Å². The topological polar surface area (TPSA) is 55.6 Å². The lowest BCUT2D eigenvalue weighted by atomic mass is 10.1. The molecule has 1 amide bonds. The molecule has 1 aromatic rings. The fourth-order valence-corrected chi connectivity index (χ4v) is 1.71. The van der Waals surface area contributed by atoms with Gasteiger partial charge in [0.15, 0.2) is 0 Å². The Kier molecular flexibility index (Phi) is 5.83. The minimum absolute atomic E-state index is 0.418. The summed E-state index contributed by atoms with van der Waals surface area (Å²) in [6, 6.07) is 7.46. The number of rotatable bonds is 7. The molecule has 0 saturated carbocycles. The van der Waals surface area contributed by atoms with E-state index in [-0.39, 0.29) is 0 Å². The molecule has 0 saturated heterocycles. The zero-order valence-corrected chi connectivity index (χ0v) is 12.2. The molecule has 106 valence electrons. The molecule has 1 aromatic carbocycles. The first-order valence-electron chi connectivity index (χ1n) is 6.63. The molecule has 0 spiro atoms. The van der Waals surface area contributed by atoms with Crippen molar-refractivity contribution < 1.29 is 9.53 Å². The van der Waals surface area contributed by atoms with Crippen LogP contribution in [-0.4, -0.2) is 37.0 Å². The number of ether oxygens (including phenoxy) is 1. The molecule has 4 heteroatoms. The predicted octanol–water partition coefficient (Wildman–Crippen LogP) is 2.14. The Hall–Kier alpha value is -1.55. The molecule has 0 bridgehead atoms. The van der Waals surface area contributed by atoms with Gasteiger partial charge in [0.25, 0.3) is 0 Å². The van der Waals surface area contributed by atoms with Gasteiger partial charge in [-0.3, -0.25) is 4.79 Å². The molecule has 1 atom stereocenters. The van der Waals surface area contributed by atoms with Crippen molar-refractivity contribution >= 4 is 5.91 Å². The van der Waals surface area contributed by atoms with Gasteiger partial charge in [0, 0.05) is 24.1 Å². The highest BCUT2D eigenvalue weighted by Crippen LogP contribution is 2.13. The van der Waals surface area contributed by atoms with Crippen LogP contribution in [0.25, 0.3) is 0 Å². The molecule has 0 aliphatic rings. The van der Waals surface area contributed by atoms with Gasteiger partial charge in [-0.2, -0.15) is 0 Å². The van der Waals surface area contributed by atoms with Gasteiger partial charge in [-0.25, -0.2) is 0 Å². The van der Waals surface area contributed by atoms with E-state index in [0.29, 0.717) is 24.1 Å². The van der Waals surface area contributed by atoms with E-state index in [2.05, 4.69) is 32.7 Å². The van der Waals surface area contributed by atoms with Crippen LogP contribution in [0.2, 0.25) is 0 Å². The Morgan fingerprint density at radius 1 is 1.26 bits per heavy atom. The third kappa shape index (κ3) is 5.30. The highest BCUT2D eigenvalue weighted by Gasteiger charge is 2.10. The van der Waals surface area contributed by atoms with E-state index in [9.17, 15) is 4.79 Å². The van der Waals surface area contributed by atoms with Crippen LogP contribution in [0, 0.1) is 5.92 Å². The summed E-state index contributed by atoms with van der Waals surface area (Å²) >= 11 is 0. The van der Waals surface area contributed by atoms with Crippen LogP contribution >= 0.6 is 0 Å². The van der Waals surface area contributed by atoms with E-state index in [4.69, 9.17) is 10.5 Å². The minimum atomic E-state index is -0.418. The molecule has 1 unspecified atom stereocenters.